The van der Waals surface area contributed by atoms with Crippen molar-refractivity contribution < 1.29 is 8.42 Å². The van der Waals surface area contributed by atoms with E-state index in [4.69, 9.17) is 5.73 Å². The number of aromatic amines is 1. The summed E-state index contributed by atoms with van der Waals surface area (Å²) in [4.78, 5) is 4.09. The van der Waals surface area contributed by atoms with Gasteiger partial charge in [-0.25, -0.2) is 8.42 Å². The number of nitrogens with one attached hydrogen (secondary N) is 2. The summed E-state index contributed by atoms with van der Waals surface area (Å²) in [5.74, 6) is -0.0000409. The van der Waals surface area contributed by atoms with Crippen LogP contribution in [0.1, 0.15) is 0 Å². The van der Waals surface area contributed by atoms with Gasteiger partial charge in [-0.2, -0.15) is 5.10 Å². The van der Waals surface area contributed by atoms with Crippen LogP contribution in [0.2, 0.25) is 0 Å². The van der Waals surface area contributed by atoms with Crippen molar-refractivity contribution in [3.8, 4) is 0 Å². The molecule has 2 heterocycles. The molecule has 102 valence electrons. The van der Waals surface area contributed by atoms with Gasteiger partial charge in [-0.1, -0.05) is 6.07 Å². The molecule has 0 saturated heterocycles. The summed E-state index contributed by atoms with van der Waals surface area (Å²) in [5.41, 5.74) is 6.75. The first kappa shape index (κ1) is 12.4. The number of sulfonamides is 1. The number of hydrogen-bond acceptors (Lipinski definition) is 5. The van der Waals surface area contributed by atoms with Crippen LogP contribution < -0.4 is 10.5 Å². The fourth-order valence-corrected chi connectivity index (χ4v) is 2.92. The van der Waals surface area contributed by atoms with E-state index < -0.39 is 10.0 Å². The number of nitrogens with two attached hydrogens (primary N) is 1. The van der Waals surface area contributed by atoms with E-state index in [0.29, 0.717) is 5.69 Å². The van der Waals surface area contributed by atoms with Crippen molar-refractivity contribution in [3.63, 3.8) is 0 Å². The molecule has 0 bridgehead atoms. The molecule has 3 rings (SSSR count). The van der Waals surface area contributed by atoms with Gasteiger partial charge in [-0.05, 0) is 24.3 Å². The number of anilines is 2. The minimum atomic E-state index is -3.76. The maximum Gasteiger partial charge on any atom is 0.267 e. The first-order valence-corrected chi connectivity index (χ1v) is 7.21. The molecule has 4 N–H and O–H groups in total. The maximum atomic E-state index is 12.2. The van der Waals surface area contributed by atoms with Crippen molar-refractivity contribution in [2.75, 3.05) is 10.5 Å². The van der Waals surface area contributed by atoms with Gasteiger partial charge >= 0.3 is 0 Å². The third-order valence-corrected chi connectivity index (χ3v) is 4.19. The van der Waals surface area contributed by atoms with Gasteiger partial charge in [-0.3, -0.25) is 14.8 Å². The topological polar surface area (TPSA) is 114 Å². The SMILES string of the molecule is Nc1[nH]ncc1S(=O)(=O)Nc1ccc2ncccc2c1. The number of aromatic nitrogens is 3. The minimum absolute atomic E-state index is 0.0000409. The van der Waals surface area contributed by atoms with Crippen LogP contribution in [0, 0.1) is 0 Å². The largest absolute Gasteiger partial charge is 0.383 e. The molecule has 0 radical (unpaired) electrons. The Kier molecular flexibility index (Phi) is 2.79. The van der Waals surface area contributed by atoms with Crippen LogP contribution in [0.3, 0.4) is 0 Å². The Morgan fingerprint density at radius 3 is 2.85 bits per heavy atom. The second-order valence-electron chi connectivity index (χ2n) is 4.16. The van der Waals surface area contributed by atoms with E-state index in [0.717, 1.165) is 10.9 Å². The molecular weight excluding hydrogens is 278 g/mol. The Bertz CT molecular complexity index is 872. The van der Waals surface area contributed by atoms with Crippen LogP contribution in [0.15, 0.2) is 47.6 Å². The highest BCUT2D eigenvalue weighted by molar-refractivity contribution is 7.92. The molecular formula is C12H11N5O2S. The zero-order chi connectivity index (χ0) is 14.2. The lowest BCUT2D eigenvalue weighted by molar-refractivity contribution is 0.601. The van der Waals surface area contributed by atoms with E-state index in [1.54, 1.807) is 30.5 Å². The molecule has 0 aliphatic rings. The zero-order valence-corrected chi connectivity index (χ0v) is 11.1. The number of fused-ring (bicyclic) bond motifs is 1. The fourth-order valence-electron chi connectivity index (χ4n) is 1.85. The second-order valence-corrected chi connectivity index (χ2v) is 5.82. The molecule has 20 heavy (non-hydrogen) atoms. The summed E-state index contributed by atoms with van der Waals surface area (Å²) in [6, 6.07) is 8.73. The van der Waals surface area contributed by atoms with Crippen molar-refractivity contribution in [1.82, 2.24) is 15.2 Å². The van der Waals surface area contributed by atoms with Crippen molar-refractivity contribution >= 4 is 32.4 Å². The van der Waals surface area contributed by atoms with Crippen molar-refractivity contribution in [3.05, 3.63) is 42.7 Å². The van der Waals surface area contributed by atoms with Crippen LogP contribution in [-0.4, -0.2) is 23.6 Å². The molecule has 2 aromatic heterocycles. The van der Waals surface area contributed by atoms with Gasteiger partial charge in [0.2, 0.25) is 0 Å². The Hall–Kier alpha value is -2.61. The molecule has 0 atom stereocenters. The molecule has 0 amide bonds. The van der Waals surface area contributed by atoms with Gasteiger partial charge < -0.3 is 5.73 Å². The smallest absolute Gasteiger partial charge is 0.267 e. The third-order valence-electron chi connectivity index (χ3n) is 2.78. The van der Waals surface area contributed by atoms with E-state index in [-0.39, 0.29) is 10.7 Å². The molecule has 0 unspecified atom stereocenters. The summed E-state index contributed by atoms with van der Waals surface area (Å²) >= 11 is 0. The summed E-state index contributed by atoms with van der Waals surface area (Å²) in [6.45, 7) is 0. The van der Waals surface area contributed by atoms with Crippen LogP contribution >= 0.6 is 0 Å². The van der Waals surface area contributed by atoms with Crippen molar-refractivity contribution in [2.24, 2.45) is 0 Å². The van der Waals surface area contributed by atoms with E-state index in [2.05, 4.69) is 19.9 Å². The molecule has 0 spiro atoms. The highest BCUT2D eigenvalue weighted by Gasteiger charge is 2.19. The Morgan fingerprint density at radius 1 is 1.25 bits per heavy atom. The van der Waals surface area contributed by atoms with E-state index in [1.165, 1.54) is 6.20 Å². The summed E-state index contributed by atoms with van der Waals surface area (Å²) in [5, 5.41) is 6.83. The Morgan fingerprint density at radius 2 is 2.10 bits per heavy atom. The van der Waals surface area contributed by atoms with Crippen LogP contribution in [-0.2, 0) is 10.0 Å². The zero-order valence-electron chi connectivity index (χ0n) is 10.2. The fraction of sp³-hybridized carbons (Fsp3) is 0. The van der Waals surface area contributed by atoms with Crippen molar-refractivity contribution in [2.45, 2.75) is 4.90 Å². The maximum absolute atomic E-state index is 12.2. The third kappa shape index (κ3) is 2.16. The molecule has 1 aromatic carbocycles. The number of hydrogen-bond donors (Lipinski definition) is 3. The molecule has 0 aliphatic heterocycles. The predicted octanol–water partition coefficient (Wildman–Crippen LogP) is 1.34. The van der Waals surface area contributed by atoms with Gasteiger partial charge in [0.1, 0.15) is 10.7 Å². The minimum Gasteiger partial charge on any atom is -0.383 e. The molecule has 0 aliphatic carbocycles. The normalized spacial score (nSPS) is 11.6. The lowest BCUT2D eigenvalue weighted by atomic mass is 10.2. The van der Waals surface area contributed by atoms with Gasteiger partial charge in [0.05, 0.1) is 11.7 Å². The average Bonchev–Trinajstić information content (AvgIpc) is 2.85. The van der Waals surface area contributed by atoms with E-state index in [1.807, 2.05) is 6.07 Å². The molecule has 7 nitrogen and oxygen atoms in total. The van der Waals surface area contributed by atoms with E-state index in [9.17, 15) is 8.42 Å². The Balaban J connectivity index is 1.99. The first-order chi connectivity index (χ1) is 9.56. The van der Waals surface area contributed by atoms with Crippen LogP contribution in [0.4, 0.5) is 11.5 Å². The number of rotatable bonds is 3. The number of nitrogen functional groups attached to an aromatic ring is 1. The molecule has 3 aromatic rings. The van der Waals surface area contributed by atoms with Crippen molar-refractivity contribution in [1.29, 1.82) is 0 Å². The standard InChI is InChI=1S/C12H11N5O2S/c13-12-11(7-15-16-12)20(18,19)17-9-3-4-10-8(6-9)2-1-5-14-10/h1-7,17H,(H3,13,15,16). The Labute approximate surface area is 114 Å². The average molecular weight is 289 g/mol. The number of nitrogens with zero attached hydrogens (tertiary/aromatic N) is 2. The molecule has 0 saturated carbocycles. The number of benzene rings is 1. The summed E-state index contributed by atoms with van der Waals surface area (Å²) in [6.07, 6.45) is 2.85. The lowest BCUT2D eigenvalue weighted by Crippen LogP contribution is -2.13. The van der Waals surface area contributed by atoms with Gasteiger partial charge in [0.25, 0.3) is 10.0 Å². The van der Waals surface area contributed by atoms with E-state index >= 15 is 0 Å². The van der Waals surface area contributed by atoms with Crippen LogP contribution in [0.5, 0.6) is 0 Å². The summed E-state index contributed by atoms with van der Waals surface area (Å²) < 4.78 is 26.8. The highest BCUT2D eigenvalue weighted by atomic mass is 32.2. The first-order valence-electron chi connectivity index (χ1n) is 5.73. The molecule has 0 fully saturated rings. The molecule has 8 heteroatoms. The number of pyridine rings is 1. The summed E-state index contributed by atoms with van der Waals surface area (Å²) in [7, 11) is -3.76. The lowest BCUT2D eigenvalue weighted by Gasteiger charge is -2.07. The van der Waals surface area contributed by atoms with Gasteiger partial charge in [-0.15, -0.1) is 0 Å². The van der Waals surface area contributed by atoms with Crippen LogP contribution in [0.25, 0.3) is 10.9 Å². The number of H-pyrrole nitrogens is 1. The van der Waals surface area contributed by atoms with Gasteiger partial charge in [0.15, 0.2) is 0 Å². The second kappa shape index (κ2) is 4.49. The quantitative estimate of drug-likeness (QED) is 0.673. The monoisotopic (exact) mass is 289 g/mol. The highest BCUT2D eigenvalue weighted by Crippen LogP contribution is 2.22. The van der Waals surface area contributed by atoms with Gasteiger partial charge in [0, 0.05) is 17.3 Å². The predicted molar refractivity (Wildman–Crippen MR) is 75.6 cm³/mol.